The topological polar surface area (TPSA) is 65.0 Å². The van der Waals surface area contributed by atoms with Crippen LogP contribution in [0.15, 0.2) is 132 Å². The summed E-state index contributed by atoms with van der Waals surface area (Å²) in [5, 5.41) is 4.02. The van der Waals surface area contributed by atoms with E-state index in [1.165, 1.54) is 35.7 Å². The van der Waals surface area contributed by atoms with Gasteiger partial charge in [-0.3, -0.25) is 4.99 Å². The van der Waals surface area contributed by atoms with Gasteiger partial charge < -0.3 is 9.47 Å². The summed E-state index contributed by atoms with van der Waals surface area (Å²) >= 11 is 0. The zero-order chi connectivity index (χ0) is 26.3. The molecule has 0 atom stereocenters. The smallest absolute Gasteiger partial charge is 0.330 e. The number of benzene rings is 4. The van der Waals surface area contributed by atoms with Crippen molar-refractivity contribution in [2.24, 2.45) is 4.99 Å². The monoisotopic (exact) mass is 615 g/mol. The van der Waals surface area contributed by atoms with Gasteiger partial charge in [0, 0.05) is 44.4 Å². The molecule has 7 heteroatoms. The zero-order valence-corrected chi connectivity index (χ0v) is 23.5. The zero-order valence-electron chi connectivity index (χ0n) is 21.0. The van der Waals surface area contributed by atoms with Gasteiger partial charge in [-0.15, -0.1) is 0 Å². The second-order valence-electron chi connectivity index (χ2n) is 7.54. The molecule has 196 valence electrons. The summed E-state index contributed by atoms with van der Waals surface area (Å²) in [5.74, 6) is -1.16. The summed E-state index contributed by atoms with van der Waals surface area (Å²) in [5.41, 5.74) is 2.14. The van der Waals surface area contributed by atoms with Crippen LogP contribution in [0, 0.1) is 0 Å². The molecule has 0 saturated carbocycles. The van der Waals surface area contributed by atoms with Crippen molar-refractivity contribution in [3.05, 3.63) is 133 Å². The van der Waals surface area contributed by atoms with Crippen LogP contribution < -0.4 is 15.9 Å². The predicted molar refractivity (Wildman–Crippen MR) is 152 cm³/mol. The maximum Gasteiger partial charge on any atom is 0.330 e. The Bertz CT molecular complexity index is 1270. The first kappa shape index (κ1) is 30.5. The van der Waals surface area contributed by atoms with E-state index in [1.807, 2.05) is 36.5 Å². The molecule has 4 aromatic rings. The van der Waals surface area contributed by atoms with Crippen molar-refractivity contribution in [1.29, 1.82) is 0 Å². The van der Waals surface area contributed by atoms with Crippen molar-refractivity contribution in [3.8, 4) is 0 Å². The first-order valence-corrected chi connectivity index (χ1v) is 12.9. The molecule has 0 fully saturated rings. The van der Waals surface area contributed by atoms with Crippen LogP contribution in [0.3, 0.4) is 0 Å². The molecule has 0 saturated heterocycles. The molecule has 0 aliphatic heterocycles. The Morgan fingerprint density at radius 3 is 1.53 bits per heavy atom. The van der Waals surface area contributed by atoms with Gasteiger partial charge in [0.2, 0.25) is 0 Å². The second-order valence-corrected chi connectivity index (χ2v) is 9.72. The van der Waals surface area contributed by atoms with E-state index in [0.29, 0.717) is 0 Å². The Balaban J connectivity index is 0.000000396. The molecule has 0 aliphatic carbocycles. The molecule has 0 aromatic heterocycles. The van der Waals surface area contributed by atoms with Crippen molar-refractivity contribution in [2.45, 2.75) is 0 Å². The van der Waals surface area contributed by atoms with Crippen LogP contribution >= 0.6 is 7.92 Å². The Kier molecular flexibility index (Phi) is 13.6. The number of methoxy groups -OCH3 is 2. The summed E-state index contributed by atoms with van der Waals surface area (Å²) in [4.78, 5) is 25.3. The van der Waals surface area contributed by atoms with E-state index in [-0.39, 0.29) is 20.4 Å². The second kappa shape index (κ2) is 16.9. The number of esters is 2. The first-order valence-electron chi connectivity index (χ1n) is 11.5. The molecule has 0 unspecified atom stereocenters. The molecule has 0 N–H and O–H groups in total. The Morgan fingerprint density at radius 1 is 0.632 bits per heavy atom. The van der Waals surface area contributed by atoms with Gasteiger partial charge in [0.25, 0.3) is 0 Å². The van der Waals surface area contributed by atoms with Crippen molar-refractivity contribution in [2.75, 3.05) is 14.2 Å². The van der Waals surface area contributed by atoms with Crippen molar-refractivity contribution in [3.63, 3.8) is 0 Å². The fourth-order valence-corrected chi connectivity index (χ4v) is 5.73. The van der Waals surface area contributed by atoms with E-state index in [0.717, 1.165) is 17.8 Å². The Labute approximate surface area is 238 Å². The van der Waals surface area contributed by atoms with Gasteiger partial charge in [-0.1, -0.05) is 103 Å². The maximum absolute atomic E-state index is 10.3. The summed E-state index contributed by atoms with van der Waals surface area (Å²) in [6, 6.07) is 40.2. The first-order chi connectivity index (χ1) is 18.1. The molecule has 0 amide bonds. The van der Waals surface area contributed by atoms with Gasteiger partial charge in [0.15, 0.2) is 0 Å². The van der Waals surface area contributed by atoms with Crippen LogP contribution in [0.2, 0.25) is 0 Å². The van der Waals surface area contributed by atoms with Gasteiger partial charge >= 0.3 is 11.9 Å². The average Bonchev–Trinajstić information content (AvgIpc) is 2.97. The fourth-order valence-electron chi connectivity index (χ4n) is 3.31. The van der Waals surface area contributed by atoms with Crippen LogP contribution in [0.4, 0.5) is 5.69 Å². The van der Waals surface area contributed by atoms with Crippen molar-refractivity contribution in [1.82, 2.24) is 0 Å². The molecule has 0 spiro atoms. The van der Waals surface area contributed by atoms with E-state index in [1.54, 1.807) is 0 Å². The predicted octanol–water partition coefficient (Wildman–Crippen LogP) is 5.08. The Hall–Kier alpha value is -3.68. The molecule has 0 heterocycles. The number of hydrogen-bond donors (Lipinski definition) is 0. The number of rotatable bonds is 7. The summed E-state index contributed by atoms with van der Waals surface area (Å²) < 4.78 is 8.42. The normalized spacial score (nSPS) is 10.4. The number of ether oxygens (including phenoxy) is 2. The van der Waals surface area contributed by atoms with Gasteiger partial charge in [-0.25, -0.2) is 9.59 Å². The molecular formula is C31H28NO4PPd. The molecule has 0 aliphatic rings. The van der Waals surface area contributed by atoms with E-state index in [4.69, 9.17) is 4.99 Å². The maximum atomic E-state index is 10.3. The molecule has 4 rings (SSSR count). The van der Waals surface area contributed by atoms with Gasteiger partial charge in [0.05, 0.1) is 19.9 Å². The van der Waals surface area contributed by atoms with Crippen LogP contribution in [0.5, 0.6) is 0 Å². The minimum atomic E-state index is -0.638. The summed E-state index contributed by atoms with van der Waals surface area (Å²) in [7, 11) is 1.81. The number of nitrogens with zero attached hydrogens (tertiary/aromatic N) is 1. The number of aliphatic imine (C=N–C) groups is 1. The third kappa shape index (κ3) is 9.65. The number of para-hydroxylation sites is 1. The Morgan fingerprint density at radius 2 is 1.05 bits per heavy atom. The van der Waals surface area contributed by atoms with Crippen molar-refractivity contribution < 1.29 is 39.5 Å². The minimum absolute atomic E-state index is 0. The fraction of sp³-hybridized carbons (Fsp3) is 0.0645. The number of hydrogen-bond acceptors (Lipinski definition) is 5. The minimum Gasteiger partial charge on any atom is -0.466 e. The molecule has 0 bridgehead atoms. The molecule has 0 radical (unpaired) electrons. The number of carbonyl (C=O) groups excluding carboxylic acids is 2. The van der Waals surface area contributed by atoms with Crippen LogP contribution in [0.1, 0.15) is 5.56 Å². The van der Waals surface area contributed by atoms with Crippen LogP contribution in [-0.2, 0) is 39.5 Å². The van der Waals surface area contributed by atoms with Crippen molar-refractivity contribution >= 4 is 47.7 Å². The SMILES string of the molecule is C(=Nc1ccccc1)c1ccccc1P(c1ccccc1)c1ccccc1.COC(=O)/C=C/C(=O)OC.[Pd]. The quantitative estimate of drug-likeness (QED) is 0.0957. The standard InChI is InChI=1S/C25H20NP.C6H8O4.Pd/c1-4-13-22(14-5-1)26-20-21-12-10-11-19-25(21)27(23-15-6-2-7-16-23)24-17-8-3-9-18-24;1-9-5(7)3-4-6(8)10-2;/h1-20H;3-4H,1-2H3;/b;4-3+;. The van der Waals surface area contributed by atoms with Crippen LogP contribution in [-0.4, -0.2) is 32.4 Å². The third-order valence-corrected chi connectivity index (χ3v) is 7.59. The molecule has 5 nitrogen and oxygen atoms in total. The van der Waals surface area contributed by atoms with E-state index >= 15 is 0 Å². The van der Waals surface area contributed by atoms with E-state index in [9.17, 15) is 9.59 Å². The van der Waals surface area contributed by atoms with Gasteiger partial charge in [0.1, 0.15) is 0 Å². The molecule has 38 heavy (non-hydrogen) atoms. The van der Waals surface area contributed by atoms with E-state index < -0.39 is 19.9 Å². The summed E-state index contributed by atoms with van der Waals surface area (Å²) in [6.45, 7) is 0. The average molecular weight is 616 g/mol. The van der Waals surface area contributed by atoms with Gasteiger partial charge in [-0.05, 0) is 36.0 Å². The van der Waals surface area contributed by atoms with E-state index in [2.05, 4.69) is 94.4 Å². The van der Waals surface area contributed by atoms with Crippen LogP contribution in [0.25, 0.3) is 0 Å². The summed E-state index contributed by atoms with van der Waals surface area (Å²) in [6.07, 6.45) is 3.98. The molecular weight excluding hydrogens is 588 g/mol. The molecule has 4 aromatic carbocycles. The largest absolute Gasteiger partial charge is 0.466 e. The van der Waals surface area contributed by atoms with Gasteiger partial charge in [-0.2, -0.15) is 0 Å². The number of carbonyl (C=O) groups is 2. The third-order valence-electron chi connectivity index (χ3n) is 5.07.